The number of fused-ring (bicyclic) bond motifs is 1. The van der Waals surface area contributed by atoms with E-state index in [0.717, 1.165) is 5.56 Å². The highest BCUT2D eigenvalue weighted by atomic mass is 35.5. The molecule has 0 radical (unpaired) electrons. The molecule has 0 aliphatic carbocycles. The number of rotatable bonds is 6. The molecule has 4 rings (SSSR count). The minimum atomic E-state index is -1.74. The molecule has 11 heteroatoms. The summed E-state index contributed by atoms with van der Waals surface area (Å²) >= 11 is 12.5. The fourth-order valence-corrected chi connectivity index (χ4v) is 3.96. The maximum Gasteiger partial charge on any atom is 0.488 e. The number of aromatic nitrogens is 2. The van der Waals surface area contributed by atoms with Gasteiger partial charge in [-0.2, -0.15) is 0 Å². The van der Waals surface area contributed by atoms with Gasteiger partial charge < -0.3 is 24.3 Å². The van der Waals surface area contributed by atoms with Gasteiger partial charge in [0.25, 0.3) is 11.4 Å². The molecule has 1 aromatic heterocycles. The van der Waals surface area contributed by atoms with Crippen LogP contribution in [0.15, 0.2) is 41.2 Å². The summed E-state index contributed by atoms with van der Waals surface area (Å²) in [4.78, 5) is 13.0. The Morgan fingerprint density at radius 3 is 2.50 bits per heavy atom. The standard InChI is InChI=1S/C21H19BCl2N2O6/c1-30-14-6-4-12(5-7-14)11-26-21(27)15-3-2-8-31-18(15)20(25-26)32-19-16(23)9-13(22(28)29)10-17(19)24/h4-7,9-10,28-29H,2-3,8,11H2,1H3. The molecule has 32 heavy (non-hydrogen) atoms. The third-order valence-corrected chi connectivity index (χ3v) is 5.56. The van der Waals surface area contributed by atoms with Crippen LogP contribution in [0.4, 0.5) is 0 Å². The molecule has 0 saturated carbocycles. The zero-order chi connectivity index (χ0) is 22.8. The fraction of sp³-hybridized carbons (Fsp3) is 0.238. The van der Waals surface area contributed by atoms with Gasteiger partial charge in [-0.1, -0.05) is 35.3 Å². The molecular weight excluding hydrogens is 458 g/mol. The van der Waals surface area contributed by atoms with E-state index in [1.54, 1.807) is 19.2 Å². The molecule has 2 N–H and O–H groups in total. The Morgan fingerprint density at radius 2 is 1.88 bits per heavy atom. The molecule has 0 bridgehead atoms. The van der Waals surface area contributed by atoms with E-state index in [4.69, 9.17) is 37.4 Å². The molecule has 0 fully saturated rings. The van der Waals surface area contributed by atoms with Crippen LogP contribution in [0.3, 0.4) is 0 Å². The second-order valence-corrected chi connectivity index (χ2v) is 7.98. The molecule has 166 valence electrons. The lowest BCUT2D eigenvalue weighted by atomic mass is 9.80. The number of nitrogens with zero attached hydrogens (tertiary/aromatic N) is 2. The number of benzene rings is 2. The summed E-state index contributed by atoms with van der Waals surface area (Å²) < 4.78 is 18.1. The number of methoxy groups -OCH3 is 1. The molecule has 0 spiro atoms. The Bertz CT molecular complexity index is 1180. The van der Waals surface area contributed by atoms with E-state index in [-0.39, 0.29) is 45.0 Å². The summed E-state index contributed by atoms with van der Waals surface area (Å²) in [7, 11) is -0.155. The Balaban J connectivity index is 1.75. The normalized spacial score (nSPS) is 12.7. The van der Waals surface area contributed by atoms with Crippen LogP contribution in [0.1, 0.15) is 17.5 Å². The SMILES string of the molecule is COc1ccc(Cn2nc(Oc3c(Cl)cc(B(O)O)cc3Cl)c3c(c2=O)CCCO3)cc1. The Morgan fingerprint density at radius 1 is 1.19 bits per heavy atom. The molecule has 0 unspecified atom stereocenters. The van der Waals surface area contributed by atoms with E-state index in [1.807, 2.05) is 12.1 Å². The second kappa shape index (κ2) is 9.42. The summed E-state index contributed by atoms with van der Waals surface area (Å²) in [5, 5.41) is 23.2. The van der Waals surface area contributed by atoms with E-state index in [0.29, 0.717) is 30.8 Å². The van der Waals surface area contributed by atoms with Gasteiger partial charge >= 0.3 is 7.12 Å². The van der Waals surface area contributed by atoms with Crippen molar-refractivity contribution >= 4 is 35.8 Å². The van der Waals surface area contributed by atoms with Crippen molar-refractivity contribution in [2.45, 2.75) is 19.4 Å². The van der Waals surface area contributed by atoms with Crippen molar-refractivity contribution in [3.8, 4) is 23.1 Å². The highest BCUT2D eigenvalue weighted by Crippen LogP contribution is 2.39. The summed E-state index contributed by atoms with van der Waals surface area (Å²) in [5.74, 6) is 1.08. The number of halogens is 2. The molecule has 2 aromatic carbocycles. The third-order valence-electron chi connectivity index (χ3n) is 5.00. The second-order valence-electron chi connectivity index (χ2n) is 7.17. The van der Waals surface area contributed by atoms with Gasteiger partial charge in [0.2, 0.25) is 0 Å². The number of ether oxygens (including phenoxy) is 3. The quantitative estimate of drug-likeness (QED) is 0.526. The van der Waals surface area contributed by atoms with Crippen molar-refractivity contribution in [1.82, 2.24) is 9.78 Å². The predicted octanol–water partition coefficient (Wildman–Crippen LogP) is 2.40. The van der Waals surface area contributed by atoms with Gasteiger partial charge in [0.1, 0.15) is 5.75 Å². The lowest BCUT2D eigenvalue weighted by Gasteiger charge is -2.21. The minimum Gasteiger partial charge on any atom is -0.497 e. The minimum absolute atomic E-state index is 0.0499. The smallest absolute Gasteiger partial charge is 0.488 e. The number of hydrogen-bond donors (Lipinski definition) is 2. The lowest BCUT2D eigenvalue weighted by Crippen LogP contribution is -2.30. The van der Waals surface area contributed by atoms with E-state index in [9.17, 15) is 14.8 Å². The largest absolute Gasteiger partial charge is 0.497 e. The van der Waals surface area contributed by atoms with Crippen molar-refractivity contribution in [3.05, 3.63) is 67.9 Å². The Kier molecular flexibility index (Phi) is 6.62. The van der Waals surface area contributed by atoms with Gasteiger partial charge in [0.05, 0.1) is 35.9 Å². The van der Waals surface area contributed by atoms with E-state index < -0.39 is 7.12 Å². The van der Waals surface area contributed by atoms with E-state index in [2.05, 4.69) is 5.10 Å². The van der Waals surface area contributed by atoms with E-state index >= 15 is 0 Å². The van der Waals surface area contributed by atoms with Gasteiger partial charge in [-0.05, 0) is 48.1 Å². The van der Waals surface area contributed by atoms with Crippen LogP contribution in [0.5, 0.6) is 23.1 Å². The van der Waals surface area contributed by atoms with Crippen molar-refractivity contribution in [1.29, 1.82) is 0 Å². The monoisotopic (exact) mass is 476 g/mol. The van der Waals surface area contributed by atoms with Crippen molar-refractivity contribution in [2.75, 3.05) is 13.7 Å². The highest BCUT2D eigenvalue weighted by Gasteiger charge is 2.26. The maximum absolute atomic E-state index is 13.0. The molecule has 1 aliphatic rings. The van der Waals surface area contributed by atoms with Gasteiger partial charge in [-0.15, -0.1) is 5.10 Å². The zero-order valence-electron chi connectivity index (χ0n) is 17.0. The highest BCUT2D eigenvalue weighted by molar-refractivity contribution is 6.59. The van der Waals surface area contributed by atoms with Gasteiger partial charge in [0.15, 0.2) is 11.5 Å². The topological polar surface area (TPSA) is 103 Å². The average Bonchev–Trinajstić information content (AvgIpc) is 2.79. The van der Waals surface area contributed by atoms with Crippen LogP contribution in [-0.2, 0) is 13.0 Å². The first-order chi connectivity index (χ1) is 15.4. The first-order valence-electron chi connectivity index (χ1n) is 9.80. The predicted molar refractivity (Wildman–Crippen MR) is 121 cm³/mol. The van der Waals surface area contributed by atoms with Crippen LogP contribution in [0, 0.1) is 0 Å². The molecule has 2 heterocycles. The average molecular weight is 477 g/mol. The summed E-state index contributed by atoms with van der Waals surface area (Å²) in [5.41, 5.74) is 1.16. The van der Waals surface area contributed by atoms with Crippen LogP contribution < -0.4 is 25.2 Å². The Labute approximate surface area is 194 Å². The van der Waals surface area contributed by atoms with Crippen LogP contribution in [0.2, 0.25) is 10.0 Å². The molecule has 0 saturated heterocycles. The molecule has 0 amide bonds. The third kappa shape index (κ3) is 4.56. The molecule has 1 aliphatic heterocycles. The van der Waals surface area contributed by atoms with E-state index in [1.165, 1.54) is 16.8 Å². The summed E-state index contributed by atoms with van der Waals surface area (Å²) in [6.45, 7) is 0.633. The van der Waals surface area contributed by atoms with Gasteiger partial charge in [-0.3, -0.25) is 4.79 Å². The molecule has 8 nitrogen and oxygen atoms in total. The first-order valence-corrected chi connectivity index (χ1v) is 10.6. The molecular formula is C21H19BCl2N2O6. The van der Waals surface area contributed by atoms with Crippen LogP contribution in [-0.4, -0.2) is 40.7 Å². The van der Waals surface area contributed by atoms with Gasteiger partial charge in [-0.25, -0.2) is 4.68 Å². The fourth-order valence-electron chi connectivity index (χ4n) is 3.38. The zero-order valence-corrected chi connectivity index (χ0v) is 18.6. The summed E-state index contributed by atoms with van der Waals surface area (Å²) in [6.07, 6.45) is 1.21. The number of hydrogen-bond acceptors (Lipinski definition) is 7. The summed E-state index contributed by atoms with van der Waals surface area (Å²) in [6, 6.07) is 9.94. The maximum atomic E-state index is 13.0. The lowest BCUT2D eigenvalue weighted by molar-refractivity contribution is 0.264. The van der Waals surface area contributed by atoms with Crippen molar-refractivity contribution in [3.63, 3.8) is 0 Å². The van der Waals surface area contributed by atoms with Crippen LogP contribution in [0.25, 0.3) is 0 Å². The first kappa shape index (κ1) is 22.5. The molecule has 3 aromatic rings. The van der Waals surface area contributed by atoms with Crippen molar-refractivity contribution < 1.29 is 24.3 Å². The van der Waals surface area contributed by atoms with Crippen molar-refractivity contribution in [2.24, 2.45) is 0 Å². The molecule has 0 atom stereocenters. The van der Waals surface area contributed by atoms with Gasteiger partial charge in [0, 0.05) is 0 Å². The Hall–Kier alpha value is -2.72. The van der Waals surface area contributed by atoms with Crippen LogP contribution >= 0.6 is 23.2 Å².